The first-order valence-electron chi connectivity index (χ1n) is 9.74. The summed E-state index contributed by atoms with van der Waals surface area (Å²) >= 11 is 0. The standard InChI is InChI=1S/C23H26N4O/c1-3-10-27-16-21(17(2)25-27)15-26-11-8-20(14-26)18-7-9-24-23(13-18)19-5-4-6-22(28)12-19/h3-7,9,12-13,16,20,28H,1,8,10-11,14-15H2,2H3/t20-/m1/s1. The third kappa shape index (κ3) is 3.99. The third-order valence-electron chi connectivity index (χ3n) is 5.43. The van der Waals surface area contributed by atoms with Gasteiger partial charge in [-0.2, -0.15) is 5.10 Å². The number of hydrogen-bond donors (Lipinski definition) is 1. The van der Waals surface area contributed by atoms with Crippen LogP contribution in [0.4, 0.5) is 0 Å². The van der Waals surface area contributed by atoms with Crippen LogP contribution in [-0.2, 0) is 13.1 Å². The van der Waals surface area contributed by atoms with E-state index in [1.54, 1.807) is 12.1 Å². The minimum atomic E-state index is 0.268. The SMILES string of the molecule is C=CCn1cc(CN2CC[C@@H](c3ccnc(-c4cccc(O)c4)c3)C2)c(C)n1. The molecule has 0 amide bonds. The van der Waals surface area contributed by atoms with Crippen LogP contribution in [0.25, 0.3) is 11.3 Å². The number of aryl methyl sites for hydroxylation is 1. The molecule has 2 aromatic heterocycles. The number of benzene rings is 1. The second-order valence-electron chi connectivity index (χ2n) is 7.50. The van der Waals surface area contributed by atoms with Gasteiger partial charge in [-0.15, -0.1) is 6.58 Å². The lowest BCUT2D eigenvalue weighted by Crippen LogP contribution is -2.20. The maximum Gasteiger partial charge on any atom is 0.116 e. The molecule has 3 aromatic rings. The van der Waals surface area contributed by atoms with Crippen LogP contribution in [0.5, 0.6) is 5.75 Å². The van der Waals surface area contributed by atoms with Gasteiger partial charge in [-0.3, -0.25) is 14.6 Å². The highest BCUT2D eigenvalue weighted by Gasteiger charge is 2.25. The van der Waals surface area contributed by atoms with Gasteiger partial charge in [0.15, 0.2) is 0 Å². The van der Waals surface area contributed by atoms with Crippen LogP contribution in [-0.4, -0.2) is 37.9 Å². The summed E-state index contributed by atoms with van der Waals surface area (Å²) in [4.78, 5) is 7.00. The second-order valence-corrected chi connectivity index (χ2v) is 7.50. The smallest absolute Gasteiger partial charge is 0.116 e. The Bertz CT molecular complexity index is 978. The Morgan fingerprint density at radius 3 is 3.00 bits per heavy atom. The summed E-state index contributed by atoms with van der Waals surface area (Å²) in [5.74, 6) is 0.770. The molecule has 1 aromatic carbocycles. The van der Waals surface area contributed by atoms with Gasteiger partial charge in [0.2, 0.25) is 0 Å². The van der Waals surface area contributed by atoms with Crippen molar-refractivity contribution in [3.05, 3.63) is 78.3 Å². The number of aromatic nitrogens is 3. The molecule has 1 atom stereocenters. The maximum atomic E-state index is 9.74. The topological polar surface area (TPSA) is 54.2 Å². The quantitative estimate of drug-likeness (QED) is 0.659. The van der Waals surface area contributed by atoms with Gasteiger partial charge in [0.1, 0.15) is 5.75 Å². The molecule has 0 spiro atoms. The number of pyridine rings is 1. The Balaban J connectivity index is 1.46. The molecule has 1 aliphatic heterocycles. The highest BCUT2D eigenvalue weighted by Crippen LogP contribution is 2.31. The van der Waals surface area contributed by atoms with Crippen molar-refractivity contribution < 1.29 is 5.11 Å². The predicted octanol–water partition coefficient (Wildman–Crippen LogP) is 4.13. The van der Waals surface area contributed by atoms with E-state index in [9.17, 15) is 5.11 Å². The van der Waals surface area contributed by atoms with Gasteiger partial charge in [0.05, 0.1) is 17.9 Å². The van der Waals surface area contributed by atoms with Crippen molar-refractivity contribution in [1.29, 1.82) is 0 Å². The molecule has 5 heteroatoms. The fourth-order valence-electron chi connectivity index (χ4n) is 3.95. The van der Waals surface area contributed by atoms with E-state index in [4.69, 9.17) is 0 Å². The first-order chi connectivity index (χ1) is 13.6. The molecule has 3 heterocycles. The van der Waals surface area contributed by atoms with Crippen LogP contribution in [0.2, 0.25) is 0 Å². The maximum absolute atomic E-state index is 9.74. The molecule has 0 saturated carbocycles. The highest BCUT2D eigenvalue weighted by molar-refractivity contribution is 5.61. The molecule has 0 unspecified atom stereocenters. The monoisotopic (exact) mass is 374 g/mol. The lowest BCUT2D eigenvalue weighted by molar-refractivity contribution is 0.326. The number of aromatic hydroxyl groups is 1. The number of phenolic OH excluding ortho intramolecular Hbond substituents is 1. The normalized spacial score (nSPS) is 17.1. The van der Waals surface area contributed by atoms with E-state index in [0.29, 0.717) is 5.92 Å². The molecule has 144 valence electrons. The van der Waals surface area contributed by atoms with Crippen molar-refractivity contribution in [3.63, 3.8) is 0 Å². The van der Waals surface area contributed by atoms with Gasteiger partial charge in [0.25, 0.3) is 0 Å². The van der Waals surface area contributed by atoms with E-state index in [1.807, 2.05) is 29.1 Å². The van der Waals surface area contributed by atoms with Gasteiger partial charge in [-0.05, 0) is 55.6 Å². The number of hydrogen-bond acceptors (Lipinski definition) is 4. The largest absolute Gasteiger partial charge is 0.508 e. The highest BCUT2D eigenvalue weighted by atomic mass is 16.3. The summed E-state index contributed by atoms with van der Waals surface area (Å²) in [5.41, 5.74) is 5.56. The zero-order chi connectivity index (χ0) is 19.5. The van der Waals surface area contributed by atoms with Crippen LogP contribution in [0.3, 0.4) is 0 Å². The van der Waals surface area contributed by atoms with E-state index in [1.165, 1.54) is 11.1 Å². The summed E-state index contributed by atoms with van der Waals surface area (Å²) in [6.45, 7) is 9.67. The molecule has 1 fully saturated rings. The van der Waals surface area contributed by atoms with Crippen LogP contribution in [0, 0.1) is 6.92 Å². The molecule has 28 heavy (non-hydrogen) atoms. The van der Waals surface area contributed by atoms with Crippen LogP contribution in [0.1, 0.15) is 29.2 Å². The average molecular weight is 374 g/mol. The first-order valence-corrected chi connectivity index (χ1v) is 9.74. The number of rotatable bonds is 6. The summed E-state index contributed by atoms with van der Waals surface area (Å²) in [7, 11) is 0. The van der Waals surface area contributed by atoms with Crippen molar-refractivity contribution in [3.8, 4) is 17.0 Å². The number of phenols is 1. The van der Waals surface area contributed by atoms with Crippen LogP contribution >= 0.6 is 0 Å². The molecule has 0 bridgehead atoms. The fraction of sp³-hybridized carbons (Fsp3) is 0.304. The number of allylic oxidation sites excluding steroid dienone is 1. The molecule has 1 aliphatic rings. The fourth-order valence-corrected chi connectivity index (χ4v) is 3.95. The van der Waals surface area contributed by atoms with E-state index in [0.717, 1.165) is 49.6 Å². The molecule has 1 saturated heterocycles. The Labute approximate surface area is 166 Å². The molecule has 0 aliphatic carbocycles. The first kappa shape index (κ1) is 18.4. The van der Waals surface area contributed by atoms with Gasteiger partial charge in [-0.1, -0.05) is 18.2 Å². The van der Waals surface area contributed by atoms with Crippen molar-refractivity contribution in [2.24, 2.45) is 0 Å². The van der Waals surface area contributed by atoms with E-state index in [-0.39, 0.29) is 5.75 Å². The zero-order valence-electron chi connectivity index (χ0n) is 16.3. The molecular formula is C23H26N4O. The van der Waals surface area contributed by atoms with E-state index < -0.39 is 0 Å². The minimum absolute atomic E-state index is 0.268. The minimum Gasteiger partial charge on any atom is -0.508 e. The Morgan fingerprint density at radius 1 is 1.29 bits per heavy atom. The average Bonchev–Trinajstić information content (AvgIpc) is 3.29. The summed E-state index contributed by atoms with van der Waals surface area (Å²) in [5, 5.41) is 14.3. The zero-order valence-corrected chi connectivity index (χ0v) is 16.3. The van der Waals surface area contributed by atoms with Crippen molar-refractivity contribution in [1.82, 2.24) is 19.7 Å². The molecule has 5 nitrogen and oxygen atoms in total. The number of nitrogens with zero attached hydrogens (tertiary/aromatic N) is 4. The van der Waals surface area contributed by atoms with E-state index >= 15 is 0 Å². The van der Waals surface area contributed by atoms with Crippen LogP contribution < -0.4 is 0 Å². The molecule has 0 radical (unpaired) electrons. The van der Waals surface area contributed by atoms with Crippen molar-refractivity contribution >= 4 is 0 Å². The number of likely N-dealkylation sites (tertiary alicyclic amines) is 1. The summed E-state index contributed by atoms with van der Waals surface area (Å²) in [6, 6.07) is 11.6. The molecule has 1 N–H and O–H groups in total. The second kappa shape index (κ2) is 7.98. The summed E-state index contributed by atoms with van der Waals surface area (Å²) < 4.78 is 1.95. The molecule has 4 rings (SSSR count). The van der Waals surface area contributed by atoms with E-state index in [2.05, 4.69) is 46.8 Å². The molecular weight excluding hydrogens is 348 g/mol. The predicted molar refractivity (Wildman–Crippen MR) is 111 cm³/mol. The lowest BCUT2D eigenvalue weighted by atomic mass is 9.97. The Kier molecular flexibility index (Phi) is 5.26. The van der Waals surface area contributed by atoms with Crippen molar-refractivity contribution in [2.45, 2.75) is 32.4 Å². The van der Waals surface area contributed by atoms with Gasteiger partial charge in [-0.25, -0.2) is 0 Å². The third-order valence-corrected chi connectivity index (χ3v) is 5.43. The van der Waals surface area contributed by atoms with Crippen molar-refractivity contribution in [2.75, 3.05) is 13.1 Å². The van der Waals surface area contributed by atoms with Gasteiger partial charge >= 0.3 is 0 Å². The van der Waals surface area contributed by atoms with Gasteiger partial charge in [0, 0.05) is 36.6 Å². The van der Waals surface area contributed by atoms with Gasteiger partial charge < -0.3 is 5.11 Å². The Morgan fingerprint density at radius 2 is 2.18 bits per heavy atom. The lowest BCUT2D eigenvalue weighted by Gasteiger charge is -2.16. The van der Waals surface area contributed by atoms with Crippen LogP contribution in [0.15, 0.2) is 61.4 Å². The summed E-state index contributed by atoms with van der Waals surface area (Å²) in [6.07, 6.45) is 7.02. The Hall–Kier alpha value is -2.92.